The van der Waals surface area contributed by atoms with Gasteiger partial charge in [-0.05, 0) is 67.0 Å². The molecule has 1 aromatic heterocycles. The molecule has 164 valence electrons. The molecule has 3 aromatic rings. The molecule has 1 fully saturated rings. The van der Waals surface area contributed by atoms with Crippen molar-refractivity contribution >= 4 is 28.6 Å². The number of aromatic nitrogens is 2. The number of hydrogen-bond donors (Lipinski definition) is 0. The molecule has 0 aliphatic heterocycles. The fourth-order valence-electron chi connectivity index (χ4n) is 5.08. The Hall–Kier alpha value is -2.33. The van der Waals surface area contributed by atoms with E-state index in [9.17, 15) is 4.79 Å². The van der Waals surface area contributed by atoms with E-state index in [0.29, 0.717) is 22.8 Å². The summed E-state index contributed by atoms with van der Waals surface area (Å²) in [6.45, 7) is 6.92. The highest BCUT2D eigenvalue weighted by atomic mass is 35.5. The average molecular weight is 440 g/mol. The van der Waals surface area contributed by atoms with Crippen LogP contribution in [0.3, 0.4) is 0 Å². The van der Waals surface area contributed by atoms with Crippen LogP contribution in [-0.4, -0.2) is 16.6 Å². The lowest BCUT2D eigenvalue weighted by atomic mass is 9.75. The first-order chi connectivity index (χ1) is 14.8. The fourth-order valence-corrected chi connectivity index (χ4v) is 5.21. The average Bonchev–Trinajstić information content (AvgIpc) is 3.00. The van der Waals surface area contributed by atoms with Crippen LogP contribution in [0.15, 0.2) is 48.5 Å². The van der Waals surface area contributed by atoms with Gasteiger partial charge in [0.15, 0.2) is 17.6 Å². The van der Waals surface area contributed by atoms with Gasteiger partial charge in [-0.25, -0.2) is 13.9 Å². The molecule has 31 heavy (non-hydrogen) atoms. The molecule has 0 N–H and O–H groups in total. The maximum atomic E-state index is 13.2. The number of ether oxygens (including phenoxy) is 1. The van der Waals surface area contributed by atoms with Gasteiger partial charge >= 0.3 is 5.97 Å². The predicted octanol–water partition coefficient (Wildman–Crippen LogP) is 5.79. The zero-order valence-corrected chi connectivity index (χ0v) is 19.6. The number of nitrogens with zero attached hydrogens (tertiary/aromatic N) is 2. The first kappa shape index (κ1) is 21.9. The van der Waals surface area contributed by atoms with Crippen LogP contribution in [0.5, 0.6) is 0 Å². The minimum absolute atomic E-state index is 0.00538. The Labute approximate surface area is 189 Å². The van der Waals surface area contributed by atoms with E-state index >= 15 is 0 Å². The standard InChI is InChI=1S/C26H32ClN2O2/c1-17(2)21-14-9-18(3)15-24(21)31-25(30)16-29-23-8-6-5-7-22(23)28(4)26(29)19-10-12-20(27)13-11-19/h5-8,10-13,17-18,21,24H,9,14-16H2,1-4H3/q+1/t18-,21-,24+/m0/s1. The van der Waals surface area contributed by atoms with Gasteiger partial charge in [0.1, 0.15) is 6.10 Å². The molecule has 2 aromatic carbocycles. The molecule has 4 nitrogen and oxygen atoms in total. The van der Waals surface area contributed by atoms with E-state index in [1.807, 2.05) is 43.4 Å². The van der Waals surface area contributed by atoms with Crippen LogP contribution in [-0.2, 0) is 23.1 Å². The van der Waals surface area contributed by atoms with Crippen molar-refractivity contribution in [1.29, 1.82) is 0 Å². The highest BCUT2D eigenvalue weighted by Gasteiger charge is 2.34. The van der Waals surface area contributed by atoms with Crippen molar-refractivity contribution in [2.75, 3.05) is 0 Å². The summed E-state index contributed by atoms with van der Waals surface area (Å²) >= 11 is 6.11. The van der Waals surface area contributed by atoms with E-state index in [1.165, 1.54) is 6.42 Å². The monoisotopic (exact) mass is 439 g/mol. The Morgan fingerprint density at radius 3 is 2.58 bits per heavy atom. The molecule has 5 heteroatoms. The summed E-state index contributed by atoms with van der Waals surface area (Å²) in [5, 5.41) is 0.694. The zero-order chi connectivity index (χ0) is 22.1. The molecule has 1 aliphatic carbocycles. The normalized spacial score (nSPS) is 21.5. The highest BCUT2D eigenvalue weighted by Crippen LogP contribution is 2.35. The number of fused-ring (bicyclic) bond motifs is 1. The van der Waals surface area contributed by atoms with Crippen molar-refractivity contribution in [2.45, 2.75) is 52.7 Å². The largest absolute Gasteiger partial charge is 0.459 e. The van der Waals surface area contributed by atoms with Gasteiger partial charge < -0.3 is 4.74 Å². The third-order valence-corrected chi connectivity index (χ3v) is 6.99. The van der Waals surface area contributed by atoms with Gasteiger partial charge in [0.2, 0.25) is 0 Å². The number of carbonyl (C=O) groups excluding carboxylic acids is 1. The number of imidazole rings is 1. The fraction of sp³-hybridized carbons (Fsp3) is 0.462. The molecule has 0 spiro atoms. The Kier molecular flexibility index (Phi) is 6.38. The van der Waals surface area contributed by atoms with Gasteiger partial charge in [0.05, 0.1) is 12.6 Å². The maximum Gasteiger partial charge on any atom is 0.348 e. The summed E-state index contributed by atoms with van der Waals surface area (Å²) < 4.78 is 10.3. The Balaban J connectivity index is 1.67. The topological polar surface area (TPSA) is 35.1 Å². The molecule has 3 atom stereocenters. The molecule has 0 amide bonds. The van der Waals surface area contributed by atoms with Gasteiger partial charge in [-0.2, -0.15) is 0 Å². The van der Waals surface area contributed by atoms with Gasteiger partial charge in [-0.1, -0.05) is 50.9 Å². The van der Waals surface area contributed by atoms with Crippen molar-refractivity contribution in [1.82, 2.24) is 4.57 Å². The number of para-hydroxylation sites is 2. The molecule has 0 radical (unpaired) electrons. The van der Waals surface area contributed by atoms with Gasteiger partial charge in [0.25, 0.3) is 5.82 Å². The predicted molar refractivity (Wildman–Crippen MR) is 125 cm³/mol. The van der Waals surface area contributed by atoms with Gasteiger partial charge in [0, 0.05) is 5.02 Å². The van der Waals surface area contributed by atoms with Crippen molar-refractivity contribution in [2.24, 2.45) is 24.8 Å². The van der Waals surface area contributed by atoms with Crippen LogP contribution < -0.4 is 4.57 Å². The third-order valence-electron chi connectivity index (χ3n) is 6.74. The molecule has 0 bridgehead atoms. The third kappa shape index (κ3) is 4.50. The van der Waals surface area contributed by atoms with E-state index in [1.54, 1.807) is 0 Å². The van der Waals surface area contributed by atoms with E-state index in [-0.39, 0.29) is 18.6 Å². The number of hydrogen-bond acceptors (Lipinski definition) is 2. The summed E-state index contributed by atoms with van der Waals surface area (Å²) in [6, 6.07) is 15.9. The van der Waals surface area contributed by atoms with Crippen LogP contribution in [0.25, 0.3) is 22.4 Å². The van der Waals surface area contributed by atoms with E-state index in [0.717, 1.165) is 35.3 Å². The number of benzene rings is 2. The van der Waals surface area contributed by atoms with Crippen LogP contribution in [0.1, 0.15) is 40.0 Å². The molecule has 1 saturated carbocycles. The van der Waals surface area contributed by atoms with Crippen molar-refractivity contribution in [3.05, 3.63) is 53.6 Å². The number of halogens is 1. The molecule has 1 heterocycles. The number of rotatable bonds is 5. The molecule has 4 rings (SSSR count). The van der Waals surface area contributed by atoms with E-state index in [4.69, 9.17) is 16.3 Å². The minimum atomic E-state index is -0.165. The summed E-state index contributed by atoms with van der Waals surface area (Å²) in [4.78, 5) is 13.2. The lowest BCUT2D eigenvalue weighted by Gasteiger charge is -2.36. The zero-order valence-electron chi connectivity index (χ0n) is 18.8. The molecule has 0 unspecified atom stereocenters. The van der Waals surface area contributed by atoms with Gasteiger partial charge in [-0.15, -0.1) is 0 Å². The summed E-state index contributed by atoms with van der Waals surface area (Å²) in [7, 11) is 2.03. The van der Waals surface area contributed by atoms with Crippen LogP contribution in [0.4, 0.5) is 0 Å². The second kappa shape index (κ2) is 9.04. The molecule has 1 aliphatic rings. The first-order valence-corrected chi connectivity index (χ1v) is 11.7. The quantitative estimate of drug-likeness (QED) is 0.372. The molecular weight excluding hydrogens is 408 g/mol. The first-order valence-electron chi connectivity index (χ1n) is 11.3. The molecular formula is C26H32ClN2O2+. The van der Waals surface area contributed by atoms with Crippen molar-refractivity contribution < 1.29 is 14.1 Å². The number of carbonyl (C=O) groups is 1. The number of esters is 1. The summed E-state index contributed by atoms with van der Waals surface area (Å²) in [5.41, 5.74) is 3.11. The maximum absolute atomic E-state index is 13.2. The lowest BCUT2D eigenvalue weighted by Crippen LogP contribution is -2.37. The molecule has 0 saturated heterocycles. The van der Waals surface area contributed by atoms with Crippen LogP contribution in [0.2, 0.25) is 5.02 Å². The Morgan fingerprint density at radius 2 is 1.87 bits per heavy atom. The SMILES string of the molecule is CC(C)[C@@H]1CC[C@H](C)C[C@H]1OC(=O)Cn1c(-c2ccc(Cl)cc2)[n+](C)c2ccccc21. The van der Waals surface area contributed by atoms with E-state index < -0.39 is 0 Å². The van der Waals surface area contributed by atoms with Crippen molar-refractivity contribution in [3.8, 4) is 11.4 Å². The highest BCUT2D eigenvalue weighted by molar-refractivity contribution is 6.30. The van der Waals surface area contributed by atoms with Crippen LogP contribution >= 0.6 is 11.6 Å². The Morgan fingerprint density at radius 1 is 1.16 bits per heavy atom. The minimum Gasteiger partial charge on any atom is -0.459 e. The van der Waals surface area contributed by atoms with Crippen LogP contribution in [0, 0.1) is 17.8 Å². The summed E-state index contributed by atoms with van der Waals surface area (Å²) in [5.74, 6) is 2.35. The van der Waals surface area contributed by atoms with Crippen molar-refractivity contribution in [3.63, 3.8) is 0 Å². The summed E-state index contributed by atoms with van der Waals surface area (Å²) in [6.07, 6.45) is 3.31. The smallest absolute Gasteiger partial charge is 0.348 e. The lowest BCUT2D eigenvalue weighted by molar-refractivity contribution is -0.634. The Bertz CT molecular complexity index is 1070. The second-order valence-corrected chi connectivity index (χ2v) is 9.76. The van der Waals surface area contributed by atoms with E-state index in [2.05, 4.69) is 42.0 Å². The van der Waals surface area contributed by atoms with Gasteiger partial charge in [-0.3, -0.25) is 0 Å². The number of aryl methyl sites for hydroxylation is 1. The second-order valence-electron chi connectivity index (χ2n) is 9.32.